The maximum atomic E-state index is 11.9. The number of ether oxygens (including phenoxy) is 2. The standard InChI is InChI=1S/C18H16Cl2N2O5/c1-11(12-3-2-4-14(7-12)26-10-18(24)25)21-22-17(23)9-27-16-6-5-13(19)8-15(16)20/h2-8H,9-10H2,1H3,(H,22,23)(H,24,25)/b21-11-. The zero-order valence-corrected chi connectivity index (χ0v) is 15.8. The molecule has 0 heterocycles. The number of hydrogen-bond donors (Lipinski definition) is 2. The van der Waals surface area contributed by atoms with Crippen LogP contribution in [0.4, 0.5) is 0 Å². The average Bonchev–Trinajstić information content (AvgIpc) is 2.64. The average molecular weight is 411 g/mol. The van der Waals surface area contributed by atoms with Gasteiger partial charge in [0.1, 0.15) is 11.5 Å². The molecule has 0 unspecified atom stereocenters. The quantitative estimate of drug-likeness (QED) is 0.513. The Morgan fingerprint density at radius 1 is 1.11 bits per heavy atom. The van der Waals surface area contributed by atoms with E-state index in [1.807, 2.05) is 0 Å². The molecule has 0 atom stereocenters. The number of carboxylic acid groups (broad SMARTS) is 1. The van der Waals surface area contributed by atoms with Crippen molar-refractivity contribution in [1.29, 1.82) is 0 Å². The van der Waals surface area contributed by atoms with Gasteiger partial charge in [0, 0.05) is 10.6 Å². The monoisotopic (exact) mass is 410 g/mol. The highest BCUT2D eigenvalue weighted by Crippen LogP contribution is 2.27. The Bertz CT molecular complexity index is 871. The van der Waals surface area contributed by atoms with Gasteiger partial charge in [-0.15, -0.1) is 0 Å². The summed E-state index contributed by atoms with van der Waals surface area (Å²) in [5.74, 6) is -0.825. The normalized spacial score (nSPS) is 11.0. The predicted molar refractivity (Wildman–Crippen MR) is 102 cm³/mol. The van der Waals surface area contributed by atoms with E-state index in [1.54, 1.807) is 43.3 Å². The molecule has 0 saturated carbocycles. The zero-order valence-electron chi connectivity index (χ0n) is 14.2. The highest BCUT2D eigenvalue weighted by molar-refractivity contribution is 6.35. The number of nitrogens with zero attached hydrogens (tertiary/aromatic N) is 1. The molecule has 2 N–H and O–H groups in total. The molecule has 2 rings (SSSR count). The van der Waals surface area contributed by atoms with E-state index >= 15 is 0 Å². The second-order valence-corrected chi connectivity index (χ2v) is 6.15. The van der Waals surface area contributed by atoms with Gasteiger partial charge in [0.05, 0.1) is 10.7 Å². The van der Waals surface area contributed by atoms with Crippen LogP contribution in [0.25, 0.3) is 0 Å². The van der Waals surface area contributed by atoms with Crippen molar-refractivity contribution in [3.63, 3.8) is 0 Å². The molecule has 0 saturated heterocycles. The zero-order chi connectivity index (χ0) is 19.8. The lowest BCUT2D eigenvalue weighted by Gasteiger charge is -2.08. The number of hydrazone groups is 1. The summed E-state index contributed by atoms with van der Waals surface area (Å²) >= 11 is 11.8. The van der Waals surface area contributed by atoms with E-state index in [1.165, 1.54) is 6.07 Å². The lowest BCUT2D eigenvalue weighted by molar-refractivity contribution is -0.139. The van der Waals surface area contributed by atoms with Gasteiger partial charge in [-0.2, -0.15) is 5.10 Å². The van der Waals surface area contributed by atoms with Gasteiger partial charge in [0.2, 0.25) is 0 Å². The van der Waals surface area contributed by atoms with Crippen molar-refractivity contribution in [2.75, 3.05) is 13.2 Å². The molecule has 7 nitrogen and oxygen atoms in total. The van der Waals surface area contributed by atoms with E-state index in [2.05, 4.69) is 10.5 Å². The van der Waals surface area contributed by atoms with Crippen LogP contribution in [-0.2, 0) is 9.59 Å². The van der Waals surface area contributed by atoms with E-state index in [0.717, 1.165) is 0 Å². The molecule has 142 valence electrons. The Morgan fingerprint density at radius 2 is 1.89 bits per heavy atom. The molecule has 0 aromatic heterocycles. The Labute approximate surface area is 165 Å². The van der Waals surface area contributed by atoms with Crippen LogP contribution in [0.2, 0.25) is 10.0 Å². The second kappa shape index (κ2) is 9.80. The first kappa shape index (κ1) is 20.5. The molecule has 0 aliphatic carbocycles. The smallest absolute Gasteiger partial charge is 0.341 e. The van der Waals surface area contributed by atoms with Crippen molar-refractivity contribution in [1.82, 2.24) is 5.43 Å². The topological polar surface area (TPSA) is 97.2 Å². The molecule has 0 bridgehead atoms. The van der Waals surface area contributed by atoms with E-state index in [9.17, 15) is 9.59 Å². The van der Waals surface area contributed by atoms with Crippen LogP contribution in [-0.4, -0.2) is 35.9 Å². The van der Waals surface area contributed by atoms with Crippen molar-refractivity contribution in [2.45, 2.75) is 6.92 Å². The summed E-state index contributed by atoms with van der Waals surface area (Å²) in [5.41, 5.74) is 3.55. The van der Waals surface area contributed by atoms with Gasteiger partial charge in [-0.05, 0) is 37.3 Å². The first-order valence-corrected chi connectivity index (χ1v) is 8.47. The molecule has 0 radical (unpaired) electrons. The molecule has 0 spiro atoms. The van der Waals surface area contributed by atoms with E-state index in [0.29, 0.717) is 32.8 Å². The van der Waals surface area contributed by atoms with Gasteiger partial charge < -0.3 is 14.6 Å². The highest BCUT2D eigenvalue weighted by Gasteiger charge is 2.07. The number of carboxylic acids is 1. The largest absolute Gasteiger partial charge is 0.482 e. The third-order valence-corrected chi connectivity index (χ3v) is 3.75. The number of nitrogens with one attached hydrogen (secondary N) is 1. The van der Waals surface area contributed by atoms with Crippen molar-refractivity contribution < 1.29 is 24.2 Å². The molecule has 9 heteroatoms. The number of benzene rings is 2. The first-order chi connectivity index (χ1) is 12.8. The van der Waals surface area contributed by atoms with Crippen LogP contribution >= 0.6 is 23.2 Å². The molecular weight excluding hydrogens is 395 g/mol. The molecule has 2 aromatic rings. The minimum atomic E-state index is -1.07. The molecule has 27 heavy (non-hydrogen) atoms. The molecule has 2 aromatic carbocycles. The van der Waals surface area contributed by atoms with Crippen molar-refractivity contribution >= 4 is 40.8 Å². The molecular formula is C18H16Cl2N2O5. The van der Waals surface area contributed by atoms with Gasteiger partial charge in [0.15, 0.2) is 13.2 Å². The SMILES string of the molecule is C/C(=N/NC(=O)COc1ccc(Cl)cc1Cl)c1cccc(OCC(=O)O)c1. The Morgan fingerprint density at radius 3 is 2.59 bits per heavy atom. The maximum Gasteiger partial charge on any atom is 0.341 e. The Balaban J connectivity index is 1.91. The molecule has 0 aliphatic heterocycles. The maximum absolute atomic E-state index is 11.9. The lowest BCUT2D eigenvalue weighted by atomic mass is 10.1. The predicted octanol–water partition coefficient (Wildman–Crippen LogP) is 3.38. The summed E-state index contributed by atoms with van der Waals surface area (Å²) in [6.45, 7) is 0.967. The van der Waals surface area contributed by atoms with Crippen molar-refractivity contribution in [3.05, 3.63) is 58.1 Å². The Hall–Kier alpha value is -2.77. The number of aliphatic carboxylic acids is 1. The van der Waals surface area contributed by atoms with Crippen LogP contribution in [0.5, 0.6) is 11.5 Å². The van der Waals surface area contributed by atoms with E-state index in [4.69, 9.17) is 37.8 Å². The highest BCUT2D eigenvalue weighted by atomic mass is 35.5. The minimum Gasteiger partial charge on any atom is -0.482 e. The fourth-order valence-corrected chi connectivity index (χ4v) is 2.40. The number of carbonyl (C=O) groups is 2. The number of hydrogen-bond acceptors (Lipinski definition) is 5. The number of carbonyl (C=O) groups excluding carboxylic acids is 1. The van der Waals surface area contributed by atoms with Crippen LogP contribution in [0.3, 0.4) is 0 Å². The number of halogens is 2. The van der Waals surface area contributed by atoms with Gasteiger partial charge in [0.25, 0.3) is 5.91 Å². The molecule has 0 fully saturated rings. The van der Waals surface area contributed by atoms with E-state index < -0.39 is 18.5 Å². The van der Waals surface area contributed by atoms with Crippen LogP contribution in [0.1, 0.15) is 12.5 Å². The summed E-state index contributed by atoms with van der Waals surface area (Å²) in [6.07, 6.45) is 0. The first-order valence-electron chi connectivity index (χ1n) is 7.71. The van der Waals surface area contributed by atoms with Gasteiger partial charge >= 0.3 is 5.97 Å². The summed E-state index contributed by atoms with van der Waals surface area (Å²) in [7, 11) is 0. The molecule has 0 aliphatic rings. The summed E-state index contributed by atoms with van der Waals surface area (Å²) in [6, 6.07) is 11.4. The van der Waals surface area contributed by atoms with Crippen molar-refractivity contribution in [2.24, 2.45) is 5.10 Å². The number of rotatable bonds is 8. The lowest BCUT2D eigenvalue weighted by Crippen LogP contribution is -2.25. The van der Waals surface area contributed by atoms with Crippen LogP contribution in [0.15, 0.2) is 47.6 Å². The van der Waals surface area contributed by atoms with Crippen molar-refractivity contribution in [3.8, 4) is 11.5 Å². The third-order valence-electron chi connectivity index (χ3n) is 3.22. The summed E-state index contributed by atoms with van der Waals surface area (Å²) < 4.78 is 10.4. The summed E-state index contributed by atoms with van der Waals surface area (Å²) in [5, 5.41) is 13.4. The van der Waals surface area contributed by atoms with Gasteiger partial charge in [-0.25, -0.2) is 10.2 Å². The van der Waals surface area contributed by atoms with Gasteiger partial charge in [-0.1, -0.05) is 35.3 Å². The fourth-order valence-electron chi connectivity index (χ4n) is 1.93. The molecule has 1 amide bonds. The Kier molecular flexibility index (Phi) is 7.45. The van der Waals surface area contributed by atoms with Crippen LogP contribution < -0.4 is 14.9 Å². The van der Waals surface area contributed by atoms with E-state index in [-0.39, 0.29) is 6.61 Å². The van der Waals surface area contributed by atoms with Crippen LogP contribution in [0, 0.1) is 0 Å². The third kappa shape index (κ3) is 6.80. The second-order valence-electron chi connectivity index (χ2n) is 5.31. The fraction of sp³-hybridized carbons (Fsp3) is 0.167. The minimum absolute atomic E-state index is 0.278. The summed E-state index contributed by atoms with van der Waals surface area (Å²) in [4.78, 5) is 22.4. The van der Waals surface area contributed by atoms with Gasteiger partial charge in [-0.3, -0.25) is 4.79 Å². The number of amides is 1.